The normalized spacial score (nSPS) is 14.4. The fraction of sp³-hybridized carbons (Fsp3) is 0.538. The van der Waals surface area contributed by atoms with Crippen LogP contribution in [0, 0.1) is 19.8 Å². The Kier molecular flexibility index (Phi) is 3.71. The number of thiophene rings is 1. The van der Waals surface area contributed by atoms with Crippen molar-refractivity contribution in [2.24, 2.45) is 5.92 Å². The molecule has 0 spiro atoms. The Morgan fingerprint density at radius 3 is 2.56 bits per heavy atom. The molecule has 1 aromatic rings. The van der Waals surface area contributed by atoms with Crippen molar-refractivity contribution in [2.75, 3.05) is 11.9 Å². The first kappa shape index (κ1) is 13.1. The van der Waals surface area contributed by atoms with Crippen LogP contribution in [0.2, 0.25) is 0 Å². The maximum Gasteiger partial charge on any atom is 0.254 e. The van der Waals surface area contributed by atoms with Gasteiger partial charge < -0.3 is 10.6 Å². The summed E-state index contributed by atoms with van der Waals surface area (Å²) in [5.41, 5.74) is 1.57. The van der Waals surface area contributed by atoms with Crippen molar-refractivity contribution >= 4 is 28.2 Å². The summed E-state index contributed by atoms with van der Waals surface area (Å²) in [7, 11) is 0. The number of anilines is 1. The maximum atomic E-state index is 12.0. The van der Waals surface area contributed by atoms with Crippen molar-refractivity contribution in [3.63, 3.8) is 0 Å². The maximum absolute atomic E-state index is 12.0. The number of carbonyl (C=O) groups is 2. The summed E-state index contributed by atoms with van der Waals surface area (Å²) in [6, 6.07) is 0. The van der Waals surface area contributed by atoms with Gasteiger partial charge in [-0.2, -0.15) is 0 Å². The van der Waals surface area contributed by atoms with Crippen LogP contribution < -0.4 is 10.6 Å². The van der Waals surface area contributed by atoms with E-state index in [1.54, 1.807) is 0 Å². The van der Waals surface area contributed by atoms with E-state index < -0.39 is 0 Å². The molecule has 2 N–H and O–H groups in total. The molecule has 2 rings (SSSR count). The first-order valence-electron chi connectivity index (χ1n) is 6.23. The van der Waals surface area contributed by atoms with Gasteiger partial charge in [0.05, 0.1) is 5.56 Å². The van der Waals surface area contributed by atoms with Gasteiger partial charge in [-0.3, -0.25) is 9.59 Å². The summed E-state index contributed by atoms with van der Waals surface area (Å²) in [5.74, 6) is 0.0852. The van der Waals surface area contributed by atoms with Crippen molar-refractivity contribution < 1.29 is 9.59 Å². The number of hydrogen-bond donors (Lipinski definition) is 2. The largest absolute Gasteiger partial charge is 0.352 e. The Morgan fingerprint density at radius 1 is 1.33 bits per heavy atom. The zero-order chi connectivity index (χ0) is 13.3. The fourth-order valence-corrected chi connectivity index (χ4v) is 2.86. The molecule has 0 aliphatic heterocycles. The third-order valence-corrected chi connectivity index (χ3v) is 4.26. The fourth-order valence-electron chi connectivity index (χ4n) is 1.80. The first-order chi connectivity index (χ1) is 8.54. The van der Waals surface area contributed by atoms with Crippen molar-refractivity contribution in [2.45, 2.75) is 33.6 Å². The van der Waals surface area contributed by atoms with Crippen LogP contribution >= 0.6 is 11.3 Å². The lowest BCUT2D eigenvalue weighted by molar-refractivity contribution is -0.117. The molecular formula is C13H18N2O2S. The molecule has 98 valence electrons. The van der Waals surface area contributed by atoms with Gasteiger partial charge in [0.2, 0.25) is 5.91 Å². The second-order valence-corrected chi connectivity index (χ2v) is 5.84. The van der Waals surface area contributed by atoms with Gasteiger partial charge in [-0.05, 0) is 39.2 Å². The Bertz CT molecular complexity index is 489. The quantitative estimate of drug-likeness (QED) is 0.879. The van der Waals surface area contributed by atoms with Crippen LogP contribution in [-0.4, -0.2) is 18.4 Å². The highest BCUT2D eigenvalue weighted by Gasteiger charge is 2.31. The number of carbonyl (C=O) groups excluding carboxylic acids is 2. The summed E-state index contributed by atoms with van der Waals surface area (Å²) in [4.78, 5) is 24.9. The summed E-state index contributed by atoms with van der Waals surface area (Å²) >= 11 is 1.48. The molecule has 0 unspecified atom stereocenters. The molecule has 0 aromatic carbocycles. The summed E-state index contributed by atoms with van der Waals surface area (Å²) < 4.78 is 0. The number of hydrogen-bond acceptors (Lipinski definition) is 3. The van der Waals surface area contributed by atoms with Gasteiger partial charge >= 0.3 is 0 Å². The molecule has 1 heterocycles. The van der Waals surface area contributed by atoms with E-state index in [2.05, 4.69) is 10.6 Å². The van der Waals surface area contributed by atoms with E-state index in [-0.39, 0.29) is 17.7 Å². The number of aryl methyl sites for hydroxylation is 1. The van der Waals surface area contributed by atoms with E-state index in [0.717, 1.165) is 23.3 Å². The Hall–Kier alpha value is -1.36. The number of rotatable bonds is 4. The summed E-state index contributed by atoms with van der Waals surface area (Å²) in [6.07, 6.45) is 1.93. The van der Waals surface area contributed by atoms with Gasteiger partial charge in [-0.1, -0.05) is 0 Å². The average Bonchev–Trinajstić information content (AvgIpc) is 3.09. The van der Waals surface area contributed by atoms with Crippen LogP contribution in [-0.2, 0) is 4.79 Å². The second-order valence-electron chi connectivity index (χ2n) is 4.61. The Balaban J connectivity index is 2.25. The first-order valence-corrected chi connectivity index (χ1v) is 7.05. The SMILES string of the molecule is CCNC(=O)c1c(NC(=O)C2CC2)sc(C)c1C. The van der Waals surface area contributed by atoms with E-state index in [4.69, 9.17) is 0 Å². The third-order valence-electron chi connectivity index (χ3n) is 3.13. The van der Waals surface area contributed by atoms with Gasteiger partial charge in [-0.15, -0.1) is 11.3 Å². The molecule has 18 heavy (non-hydrogen) atoms. The van der Waals surface area contributed by atoms with Crippen LogP contribution in [0.3, 0.4) is 0 Å². The van der Waals surface area contributed by atoms with Crippen molar-refractivity contribution in [1.82, 2.24) is 5.32 Å². The standard InChI is InChI=1S/C13H18N2O2S/c1-4-14-12(17)10-7(2)8(3)18-13(10)15-11(16)9-5-6-9/h9H,4-6H2,1-3H3,(H,14,17)(H,15,16). The smallest absolute Gasteiger partial charge is 0.254 e. The van der Waals surface area contributed by atoms with E-state index in [1.807, 2.05) is 20.8 Å². The van der Waals surface area contributed by atoms with Crippen LogP contribution in [0.1, 0.15) is 40.6 Å². The van der Waals surface area contributed by atoms with Crippen LogP contribution in [0.15, 0.2) is 0 Å². The predicted molar refractivity (Wildman–Crippen MR) is 73.2 cm³/mol. The predicted octanol–water partition coefficient (Wildman–Crippen LogP) is 2.46. The molecule has 1 saturated carbocycles. The minimum atomic E-state index is -0.106. The van der Waals surface area contributed by atoms with Gasteiger partial charge in [0.1, 0.15) is 5.00 Å². The molecule has 1 aromatic heterocycles. The molecule has 0 atom stereocenters. The lowest BCUT2D eigenvalue weighted by Gasteiger charge is -2.07. The molecular weight excluding hydrogens is 248 g/mol. The minimum absolute atomic E-state index is 0.0433. The van der Waals surface area contributed by atoms with Crippen molar-refractivity contribution in [3.05, 3.63) is 16.0 Å². The zero-order valence-corrected chi connectivity index (χ0v) is 11.7. The monoisotopic (exact) mass is 266 g/mol. The van der Waals surface area contributed by atoms with Gasteiger partial charge in [-0.25, -0.2) is 0 Å². The average molecular weight is 266 g/mol. The van der Waals surface area contributed by atoms with Gasteiger partial charge in [0.25, 0.3) is 5.91 Å². The molecule has 1 aliphatic rings. The van der Waals surface area contributed by atoms with E-state index >= 15 is 0 Å². The minimum Gasteiger partial charge on any atom is -0.352 e. The van der Waals surface area contributed by atoms with Crippen LogP contribution in [0.5, 0.6) is 0 Å². The highest BCUT2D eigenvalue weighted by atomic mass is 32.1. The summed E-state index contributed by atoms with van der Waals surface area (Å²) in [5, 5.41) is 6.37. The van der Waals surface area contributed by atoms with Crippen LogP contribution in [0.4, 0.5) is 5.00 Å². The number of nitrogens with one attached hydrogen (secondary N) is 2. The molecule has 1 fully saturated rings. The van der Waals surface area contributed by atoms with Crippen molar-refractivity contribution in [3.8, 4) is 0 Å². The zero-order valence-electron chi connectivity index (χ0n) is 10.9. The second kappa shape index (κ2) is 5.10. The molecule has 0 bridgehead atoms. The molecule has 1 aliphatic carbocycles. The van der Waals surface area contributed by atoms with Crippen molar-refractivity contribution in [1.29, 1.82) is 0 Å². The molecule has 0 saturated heterocycles. The lowest BCUT2D eigenvalue weighted by Crippen LogP contribution is -2.24. The third kappa shape index (κ3) is 2.56. The highest BCUT2D eigenvalue weighted by Crippen LogP contribution is 2.35. The number of amides is 2. The molecule has 2 amide bonds. The van der Waals surface area contributed by atoms with E-state index in [1.165, 1.54) is 11.3 Å². The van der Waals surface area contributed by atoms with Crippen LogP contribution in [0.25, 0.3) is 0 Å². The molecule has 4 nitrogen and oxygen atoms in total. The summed E-state index contributed by atoms with van der Waals surface area (Å²) in [6.45, 7) is 6.36. The van der Waals surface area contributed by atoms with E-state index in [0.29, 0.717) is 17.1 Å². The molecule has 0 radical (unpaired) electrons. The van der Waals surface area contributed by atoms with Gasteiger partial charge in [0, 0.05) is 17.3 Å². The Labute approximate surface area is 111 Å². The Morgan fingerprint density at radius 2 is 2.00 bits per heavy atom. The topological polar surface area (TPSA) is 58.2 Å². The van der Waals surface area contributed by atoms with Gasteiger partial charge in [0.15, 0.2) is 0 Å². The van der Waals surface area contributed by atoms with E-state index in [9.17, 15) is 9.59 Å². The highest BCUT2D eigenvalue weighted by molar-refractivity contribution is 7.16. The molecule has 5 heteroatoms. The lowest BCUT2D eigenvalue weighted by atomic mass is 10.1.